The highest BCUT2D eigenvalue weighted by Gasteiger charge is 2.41. The number of nitrogens with one attached hydrogen (secondary N) is 1. The zero-order chi connectivity index (χ0) is 16.4. The number of benzene rings is 1. The minimum atomic E-state index is -0.215. The number of hydrogen-bond donors (Lipinski definition) is 1. The third-order valence-corrected chi connectivity index (χ3v) is 5.31. The second-order valence-corrected chi connectivity index (χ2v) is 7.04. The summed E-state index contributed by atoms with van der Waals surface area (Å²) >= 11 is 1.05. The number of rotatable bonds is 3. The van der Waals surface area contributed by atoms with Gasteiger partial charge < -0.3 is 5.32 Å². The Kier molecular flexibility index (Phi) is 4.71. The molecule has 5 nitrogen and oxygen atoms in total. The van der Waals surface area contributed by atoms with E-state index in [-0.39, 0.29) is 34.9 Å². The van der Waals surface area contributed by atoms with E-state index < -0.39 is 0 Å². The van der Waals surface area contributed by atoms with Gasteiger partial charge in [-0.15, -0.1) is 0 Å². The first-order chi connectivity index (χ1) is 11.1. The van der Waals surface area contributed by atoms with E-state index in [4.69, 9.17) is 0 Å². The zero-order valence-electron chi connectivity index (χ0n) is 13.1. The first-order valence-corrected chi connectivity index (χ1v) is 8.91. The molecule has 1 heterocycles. The van der Waals surface area contributed by atoms with Gasteiger partial charge in [-0.2, -0.15) is 0 Å². The van der Waals surface area contributed by atoms with E-state index in [1.165, 1.54) is 4.90 Å². The first kappa shape index (κ1) is 16.1. The summed E-state index contributed by atoms with van der Waals surface area (Å²) in [4.78, 5) is 37.8. The quantitative estimate of drug-likeness (QED) is 0.924. The fraction of sp³-hybridized carbons (Fsp3) is 0.471. The molecule has 0 aromatic heterocycles. The standard InChI is InChI=1S/C17H20N2O3S/c1-11-6-8-12(9-7-11)16(21)18-13-4-2-3-5-14(13)19-15(20)10-23-17(19)22/h6-9,13-14H,2-5,10H2,1H3,(H,18,21)/t13-,14+/m1/s1. The van der Waals surface area contributed by atoms with Crippen molar-refractivity contribution in [1.82, 2.24) is 10.2 Å². The largest absolute Gasteiger partial charge is 0.347 e. The van der Waals surface area contributed by atoms with Crippen molar-refractivity contribution in [2.24, 2.45) is 0 Å². The molecule has 1 saturated carbocycles. The van der Waals surface area contributed by atoms with Crippen LogP contribution in [0.1, 0.15) is 41.6 Å². The van der Waals surface area contributed by atoms with Crippen molar-refractivity contribution in [2.75, 3.05) is 5.75 Å². The number of aryl methyl sites for hydroxylation is 1. The number of imide groups is 1. The Morgan fingerprint density at radius 2 is 1.87 bits per heavy atom. The normalized spacial score (nSPS) is 24.8. The van der Waals surface area contributed by atoms with Crippen LogP contribution in [0.4, 0.5) is 4.79 Å². The molecule has 2 atom stereocenters. The van der Waals surface area contributed by atoms with E-state index in [1.807, 2.05) is 19.1 Å². The molecular formula is C17H20N2O3S. The minimum absolute atomic E-state index is 0.138. The van der Waals surface area contributed by atoms with E-state index in [0.717, 1.165) is 43.0 Å². The molecule has 1 saturated heterocycles. The van der Waals surface area contributed by atoms with Gasteiger partial charge in [0.25, 0.3) is 11.1 Å². The molecule has 3 rings (SSSR count). The third-order valence-electron chi connectivity index (χ3n) is 4.48. The smallest absolute Gasteiger partial charge is 0.289 e. The molecule has 23 heavy (non-hydrogen) atoms. The maximum atomic E-state index is 12.4. The lowest BCUT2D eigenvalue weighted by atomic mass is 9.89. The van der Waals surface area contributed by atoms with Crippen LogP contribution < -0.4 is 5.32 Å². The average molecular weight is 332 g/mol. The van der Waals surface area contributed by atoms with Crippen LogP contribution in [-0.4, -0.2) is 39.8 Å². The van der Waals surface area contributed by atoms with Crippen LogP contribution >= 0.6 is 11.8 Å². The number of carbonyl (C=O) groups is 3. The van der Waals surface area contributed by atoms with Crippen LogP contribution in [-0.2, 0) is 4.79 Å². The second-order valence-electron chi connectivity index (χ2n) is 6.12. The van der Waals surface area contributed by atoms with Gasteiger partial charge in [0.2, 0.25) is 5.91 Å². The van der Waals surface area contributed by atoms with Gasteiger partial charge >= 0.3 is 0 Å². The Balaban J connectivity index is 1.74. The number of amides is 3. The molecule has 3 amide bonds. The fourth-order valence-electron chi connectivity index (χ4n) is 3.23. The number of hydrogen-bond acceptors (Lipinski definition) is 4. The van der Waals surface area contributed by atoms with Gasteiger partial charge in [0.05, 0.1) is 17.8 Å². The Bertz CT molecular complexity index is 613. The monoisotopic (exact) mass is 332 g/mol. The van der Waals surface area contributed by atoms with E-state index in [0.29, 0.717) is 5.56 Å². The number of nitrogens with zero attached hydrogens (tertiary/aromatic N) is 1. The Hall–Kier alpha value is -1.82. The summed E-state index contributed by atoms with van der Waals surface area (Å²) in [7, 11) is 0. The Labute approximate surface area is 139 Å². The van der Waals surface area contributed by atoms with Crippen LogP contribution in [0.5, 0.6) is 0 Å². The molecule has 2 aliphatic rings. The van der Waals surface area contributed by atoms with Crippen molar-refractivity contribution in [3.63, 3.8) is 0 Å². The second kappa shape index (κ2) is 6.74. The summed E-state index contributed by atoms with van der Waals surface area (Å²) < 4.78 is 0. The predicted molar refractivity (Wildman–Crippen MR) is 89.4 cm³/mol. The summed E-state index contributed by atoms with van der Waals surface area (Å²) in [5.74, 6) is -0.0661. The van der Waals surface area contributed by atoms with Crippen LogP contribution in [0, 0.1) is 6.92 Å². The summed E-state index contributed by atoms with van der Waals surface area (Å²) in [5.41, 5.74) is 1.70. The highest BCUT2D eigenvalue weighted by Crippen LogP contribution is 2.30. The van der Waals surface area contributed by atoms with Gasteiger partial charge in [0, 0.05) is 5.56 Å². The van der Waals surface area contributed by atoms with E-state index in [9.17, 15) is 14.4 Å². The molecular weight excluding hydrogens is 312 g/mol. The molecule has 0 spiro atoms. The van der Waals surface area contributed by atoms with Crippen molar-refractivity contribution in [1.29, 1.82) is 0 Å². The van der Waals surface area contributed by atoms with Crippen LogP contribution in [0.25, 0.3) is 0 Å². The molecule has 0 unspecified atom stereocenters. The molecule has 1 aliphatic carbocycles. The topological polar surface area (TPSA) is 66.5 Å². The molecule has 2 fully saturated rings. The van der Waals surface area contributed by atoms with Crippen molar-refractivity contribution in [3.8, 4) is 0 Å². The summed E-state index contributed by atoms with van der Waals surface area (Å²) in [5, 5.41) is 2.84. The number of thioether (sulfide) groups is 1. The number of carbonyl (C=O) groups excluding carboxylic acids is 3. The van der Waals surface area contributed by atoms with Gasteiger partial charge in [-0.1, -0.05) is 42.3 Å². The van der Waals surface area contributed by atoms with Gasteiger partial charge in [-0.25, -0.2) is 0 Å². The van der Waals surface area contributed by atoms with E-state index in [1.54, 1.807) is 12.1 Å². The highest BCUT2D eigenvalue weighted by atomic mass is 32.2. The zero-order valence-corrected chi connectivity index (χ0v) is 13.9. The van der Waals surface area contributed by atoms with E-state index >= 15 is 0 Å². The molecule has 1 aromatic carbocycles. The third kappa shape index (κ3) is 3.42. The molecule has 0 bridgehead atoms. The van der Waals surface area contributed by atoms with Crippen LogP contribution in [0.15, 0.2) is 24.3 Å². The average Bonchev–Trinajstić information content (AvgIpc) is 2.87. The summed E-state index contributed by atoms with van der Waals surface area (Å²) in [6.45, 7) is 1.97. The lowest BCUT2D eigenvalue weighted by Crippen LogP contribution is -2.54. The molecule has 6 heteroatoms. The molecule has 0 radical (unpaired) electrons. The van der Waals surface area contributed by atoms with Crippen molar-refractivity contribution in [3.05, 3.63) is 35.4 Å². The molecule has 1 aromatic rings. The van der Waals surface area contributed by atoms with Crippen molar-refractivity contribution >= 4 is 28.8 Å². The van der Waals surface area contributed by atoms with Gasteiger partial charge in [0.1, 0.15) is 0 Å². The fourth-order valence-corrected chi connectivity index (χ4v) is 3.99. The van der Waals surface area contributed by atoms with Crippen molar-refractivity contribution in [2.45, 2.75) is 44.7 Å². The summed E-state index contributed by atoms with van der Waals surface area (Å²) in [6.07, 6.45) is 3.53. The molecule has 122 valence electrons. The molecule has 1 aliphatic heterocycles. The van der Waals surface area contributed by atoms with Crippen molar-refractivity contribution < 1.29 is 14.4 Å². The Morgan fingerprint density at radius 3 is 2.52 bits per heavy atom. The molecule has 1 N–H and O–H groups in total. The maximum Gasteiger partial charge on any atom is 0.289 e. The Morgan fingerprint density at radius 1 is 1.17 bits per heavy atom. The lowest BCUT2D eigenvalue weighted by Gasteiger charge is -2.36. The van der Waals surface area contributed by atoms with Crippen LogP contribution in [0.2, 0.25) is 0 Å². The van der Waals surface area contributed by atoms with Gasteiger partial charge in [-0.3, -0.25) is 19.3 Å². The SMILES string of the molecule is Cc1ccc(C(=O)N[C@@H]2CCCC[C@@H]2N2C(=O)CSC2=O)cc1. The maximum absolute atomic E-state index is 12.4. The predicted octanol–water partition coefficient (Wildman–Crippen LogP) is 2.73. The van der Waals surface area contributed by atoms with E-state index in [2.05, 4.69) is 5.32 Å². The lowest BCUT2D eigenvalue weighted by molar-refractivity contribution is -0.127. The first-order valence-electron chi connectivity index (χ1n) is 7.92. The van der Waals surface area contributed by atoms with Gasteiger partial charge in [0.15, 0.2) is 0 Å². The highest BCUT2D eigenvalue weighted by molar-refractivity contribution is 8.14. The minimum Gasteiger partial charge on any atom is -0.347 e. The van der Waals surface area contributed by atoms with Gasteiger partial charge in [-0.05, 0) is 31.9 Å². The van der Waals surface area contributed by atoms with Crippen LogP contribution in [0.3, 0.4) is 0 Å². The summed E-state index contributed by atoms with van der Waals surface area (Å²) in [6, 6.07) is 7.02.